The number of anilines is 1. The third kappa shape index (κ3) is 3.78. The van der Waals surface area contributed by atoms with Crippen LogP contribution in [-0.4, -0.2) is 62.3 Å². The number of urea groups is 1. The number of nitrogens with zero attached hydrogens (tertiary/aromatic N) is 2. The summed E-state index contributed by atoms with van der Waals surface area (Å²) >= 11 is 0. The van der Waals surface area contributed by atoms with Gasteiger partial charge in [-0.15, -0.1) is 0 Å². The monoisotopic (exact) mass is 381 g/mol. The average Bonchev–Trinajstić information content (AvgIpc) is 3.14. The first kappa shape index (κ1) is 18.6. The van der Waals surface area contributed by atoms with Gasteiger partial charge in [0.2, 0.25) is 0 Å². The van der Waals surface area contributed by atoms with Gasteiger partial charge in [0.25, 0.3) is 0 Å². The molecule has 148 valence electrons. The zero-order valence-electron chi connectivity index (χ0n) is 16.6. The van der Waals surface area contributed by atoms with Crippen molar-refractivity contribution in [2.24, 2.45) is 0 Å². The van der Waals surface area contributed by atoms with E-state index in [0.29, 0.717) is 38.0 Å². The van der Waals surface area contributed by atoms with Gasteiger partial charge in [-0.05, 0) is 38.7 Å². The van der Waals surface area contributed by atoms with Gasteiger partial charge >= 0.3 is 6.03 Å². The fourth-order valence-electron chi connectivity index (χ4n) is 3.94. The summed E-state index contributed by atoms with van der Waals surface area (Å²) in [5.41, 5.74) is 3.24. The number of aryl methyl sites for hydroxylation is 1. The smallest absolute Gasteiger partial charge is 0.321 e. The molecule has 2 aliphatic rings. The number of carbonyl (C=O) groups is 1. The van der Waals surface area contributed by atoms with E-state index in [4.69, 9.17) is 9.47 Å². The molecule has 2 aromatic rings. The third-order valence-electron chi connectivity index (χ3n) is 5.54. The van der Waals surface area contributed by atoms with E-state index < -0.39 is 0 Å². The first-order chi connectivity index (χ1) is 13.5. The summed E-state index contributed by atoms with van der Waals surface area (Å²) in [5.74, 6) is 1.69. The molecule has 2 atom stereocenters. The van der Waals surface area contributed by atoms with E-state index in [0.717, 1.165) is 11.4 Å². The second kappa shape index (κ2) is 7.72. The number of benzene rings is 2. The number of rotatable bonds is 3. The topological polar surface area (TPSA) is 54.0 Å². The number of hydrogen-bond donors (Lipinski definition) is 1. The summed E-state index contributed by atoms with van der Waals surface area (Å²) in [6, 6.07) is 14.3. The molecule has 0 spiro atoms. The first-order valence-electron chi connectivity index (χ1n) is 9.70. The Morgan fingerprint density at radius 3 is 2.46 bits per heavy atom. The molecule has 1 N–H and O–H groups in total. The quantitative estimate of drug-likeness (QED) is 0.886. The minimum atomic E-state index is -0.0851. The van der Waals surface area contributed by atoms with Crippen LogP contribution in [0.5, 0.6) is 11.5 Å². The first-order valence-corrected chi connectivity index (χ1v) is 9.70. The molecule has 2 aromatic carbocycles. The minimum Gasteiger partial charge on any atom is -0.486 e. The van der Waals surface area contributed by atoms with Crippen LogP contribution in [0.15, 0.2) is 42.5 Å². The van der Waals surface area contributed by atoms with Gasteiger partial charge in [-0.25, -0.2) is 4.79 Å². The van der Waals surface area contributed by atoms with Crippen LogP contribution in [-0.2, 0) is 0 Å². The van der Waals surface area contributed by atoms with Crippen LogP contribution in [0.4, 0.5) is 10.5 Å². The number of amides is 2. The summed E-state index contributed by atoms with van der Waals surface area (Å²) in [6.07, 6.45) is 0. The number of carbonyl (C=O) groups excluding carboxylic acids is 1. The van der Waals surface area contributed by atoms with Crippen molar-refractivity contribution >= 4 is 11.7 Å². The van der Waals surface area contributed by atoms with E-state index in [1.807, 2.05) is 23.1 Å². The van der Waals surface area contributed by atoms with Gasteiger partial charge in [-0.3, -0.25) is 0 Å². The molecular weight excluding hydrogens is 354 g/mol. The van der Waals surface area contributed by atoms with Crippen molar-refractivity contribution in [3.63, 3.8) is 0 Å². The van der Waals surface area contributed by atoms with Crippen LogP contribution in [0.1, 0.15) is 17.0 Å². The van der Waals surface area contributed by atoms with Crippen molar-refractivity contribution in [3.8, 4) is 11.5 Å². The highest BCUT2D eigenvalue weighted by atomic mass is 16.6. The Labute approximate surface area is 166 Å². The van der Waals surface area contributed by atoms with Crippen molar-refractivity contribution in [2.45, 2.75) is 18.9 Å². The van der Waals surface area contributed by atoms with Gasteiger partial charge in [-0.1, -0.05) is 29.8 Å². The summed E-state index contributed by atoms with van der Waals surface area (Å²) in [5, 5.41) is 3.01. The normalized spacial score (nSPS) is 21.1. The zero-order chi connectivity index (χ0) is 19.7. The van der Waals surface area contributed by atoms with Crippen LogP contribution in [0.25, 0.3) is 0 Å². The van der Waals surface area contributed by atoms with E-state index >= 15 is 0 Å². The molecule has 0 aliphatic carbocycles. The lowest BCUT2D eigenvalue weighted by Gasteiger charge is -2.25. The molecule has 0 aromatic heterocycles. The predicted molar refractivity (Wildman–Crippen MR) is 109 cm³/mol. The summed E-state index contributed by atoms with van der Waals surface area (Å²) in [4.78, 5) is 17.0. The average molecular weight is 381 g/mol. The maximum Gasteiger partial charge on any atom is 0.321 e. The third-order valence-corrected chi connectivity index (χ3v) is 5.54. The van der Waals surface area contributed by atoms with Crippen LogP contribution < -0.4 is 14.8 Å². The zero-order valence-corrected chi connectivity index (χ0v) is 16.6. The van der Waals surface area contributed by atoms with Crippen LogP contribution in [0.2, 0.25) is 0 Å². The molecule has 6 heteroatoms. The Morgan fingerprint density at radius 2 is 1.75 bits per heavy atom. The molecule has 2 amide bonds. The minimum absolute atomic E-state index is 0.0851. The molecule has 6 nitrogen and oxygen atoms in total. The molecule has 28 heavy (non-hydrogen) atoms. The highest BCUT2D eigenvalue weighted by Gasteiger charge is 2.37. The van der Waals surface area contributed by atoms with Gasteiger partial charge in [-0.2, -0.15) is 0 Å². The summed E-state index contributed by atoms with van der Waals surface area (Å²) in [6.45, 7) is 4.57. The van der Waals surface area contributed by atoms with E-state index in [9.17, 15) is 4.79 Å². The van der Waals surface area contributed by atoms with Crippen molar-refractivity contribution in [3.05, 3.63) is 53.6 Å². The summed E-state index contributed by atoms with van der Waals surface area (Å²) in [7, 11) is 4.15. The van der Waals surface area contributed by atoms with E-state index in [1.54, 1.807) is 0 Å². The lowest BCUT2D eigenvalue weighted by Crippen LogP contribution is -2.37. The molecular formula is C22H27N3O3. The molecule has 0 saturated carbocycles. The molecule has 2 unspecified atom stereocenters. The van der Waals surface area contributed by atoms with E-state index in [1.165, 1.54) is 11.1 Å². The van der Waals surface area contributed by atoms with E-state index in [2.05, 4.69) is 55.5 Å². The van der Waals surface area contributed by atoms with Crippen molar-refractivity contribution in [2.75, 3.05) is 45.7 Å². The lowest BCUT2D eigenvalue weighted by molar-refractivity contribution is 0.171. The SMILES string of the molecule is Cc1ccc(C2CN(C(=O)Nc3ccc4c(c3)OCCO4)CC2N(C)C)cc1. The molecule has 1 saturated heterocycles. The number of fused-ring (bicyclic) bond motifs is 1. The molecule has 4 rings (SSSR count). The molecule has 1 fully saturated rings. The number of likely N-dealkylation sites (N-methyl/N-ethyl adjacent to an activating group) is 1. The van der Waals surface area contributed by atoms with E-state index in [-0.39, 0.29) is 12.1 Å². The largest absolute Gasteiger partial charge is 0.486 e. The van der Waals surface area contributed by atoms with Gasteiger partial charge in [0.05, 0.1) is 0 Å². The second-order valence-electron chi connectivity index (χ2n) is 7.74. The van der Waals surface area contributed by atoms with Gasteiger partial charge in [0.1, 0.15) is 13.2 Å². The Morgan fingerprint density at radius 1 is 1.04 bits per heavy atom. The number of ether oxygens (including phenoxy) is 2. The molecule has 0 radical (unpaired) electrons. The van der Waals surface area contributed by atoms with Crippen LogP contribution in [0, 0.1) is 6.92 Å². The van der Waals surface area contributed by atoms with Crippen LogP contribution >= 0.6 is 0 Å². The predicted octanol–water partition coefficient (Wildman–Crippen LogP) is 3.33. The van der Waals surface area contributed by atoms with Gasteiger partial charge in [0, 0.05) is 36.8 Å². The van der Waals surface area contributed by atoms with Crippen molar-refractivity contribution < 1.29 is 14.3 Å². The van der Waals surface area contributed by atoms with Crippen molar-refractivity contribution in [1.82, 2.24) is 9.80 Å². The molecule has 2 heterocycles. The highest BCUT2D eigenvalue weighted by Crippen LogP contribution is 2.34. The summed E-state index contributed by atoms with van der Waals surface area (Å²) < 4.78 is 11.1. The van der Waals surface area contributed by atoms with Crippen molar-refractivity contribution in [1.29, 1.82) is 0 Å². The molecule has 0 bridgehead atoms. The van der Waals surface area contributed by atoms with Gasteiger partial charge in [0.15, 0.2) is 11.5 Å². The number of likely N-dealkylation sites (tertiary alicyclic amines) is 1. The highest BCUT2D eigenvalue weighted by molar-refractivity contribution is 5.90. The Bertz CT molecular complexity index is 851. The maximum atomic E-state index is 12.9. The second-order valence-corrected chi connectivity index (χ2v) is 7.74. The Balaban J connectivity index is 1.48. The van der Waals surface area contributed by atoms with Gasteiger partial charge < -0.3 is 24.6 Å². The lowest BCUT2D eigenvalue weighted by atomic mass is 9.93. The number of nitrogens with one attached hydrogen (secondary N) is 1. The Hall–Kier alpha value is -2.73. The fourth-order valence-corrected chi connectivity index (χ4v) is 3.94. The molecule has 2 aliphatic heterocycles. The number of hydrogen-bond acceptors (Lipinski definition) is 4. The fraction of sp³-hybridized carbons (Fsp3) is 0.409. The van der Waals surface area contributed by atoms with Crippen LogP contribution in [0.3, 0.4) is 0 Å². The maximum absolute atomic E-state index is 12.9. The Kier molecular flexibility index (Phi) is 5.13. The standard InChI is InChI=1S/C22H27N3O3/c1-15-4-6-16(7-5-15)18-13-25(14-19(18)24(2)3)22(26)23-17-8-9-20-21(12-17)28-11-10-27-20/h4-9,12,18-19H,10-11,13-14H2,1-3H3,(H,23,26).